The number of hydrogen-bond acceptors (Lipinski definition) is 3. The van der Waals surface area contributed by atoms with Gasteiger partial charge in [-0.1, -0.05) is 53.0 Å². The highest BCUT2D eigenvalue weighted by Crippen LogP contribution is 2.27. The number of rotatable bonds is 8. The Morgan fingerprint density at radius 1 is 1.21 bits per heavy atom. The maximum atomic E-state index is 11.8. The van der Waals surface area contributed by atoms with Gasteiger partial charge in [0.1, 0.15) is 5.75 Å². The molecule has 0 fully saturated rings. The van der Waals surface area contributed by atoms with Crippen molar-refractivity contribution in [2.75, 3.05) is 18.9 Å². The Kier molecular flexibility index (Phi) is 7.76. The summed E-state index contributed by atoms with van der Waals surface area (Å²) < 4.78 is 5.38. The molecule has 2 aromatic rings. The van der Waals surface area contributed by atoms with Crippen LogP contribution in [0.1, 0.15) is 11.1 Å². The minimum absolute atomic E-state index is 0.0656. The van der Waals surface area contributed by atoms with Gasteiger partial charge in [0.15, 0.2) is 6.61 Å². The van der Waals surface area contributed by atoms with Crippen LogP contribution in [0.15, 0.2) is 42.5 Å². The van der Waals surface area contributed by atoms with Gasteiger partial charge in [-0.05, 0) is 30.7 Å². The minimum Gasteiger partial charge on any atom is -0.482 e. The van der Waals surface area contributed by atoms with Crippen LogP contribution in [-0.4, -0.2) is 24.8 Å². The van der Waals surface area contributed by atoms with Gasteiger partial charge in [0.25, 0.3) is 5.91 Å². The van der Waals surface area contributed by atoms with Gasteiger partial charge in [-0.2, -0.15) is 11.8 Å². The summed E-state index contributed by atoms with van der Waals surface area (Å²) in [5.74, 6) is 2.07. The lowest BCUT2D eigenvalue weighted by Crippen LogP contribution is -2.30. The first kappa shape index (κ1) is 19.0. The van der Waals surface area contributed by atoms with E-state index in [4.69, 9.17) is 27.9 Å². The second-order valence-corrected chi connectivity index (χ2v) is 7.20. The standard InChI is InChI=1S/C18H19Cl2NO2S/c1-13-3-2-4-14(9-13)12-24-8-7-21-18(22)11-23-17-6-5-15(19)10-16(17)20/h2-6,9-10H,7-8,11-12H2,1H3,(H,21,22). The molecule has 128 valence electrons. The molecule has 0 heterocycles. The van der Waals surface area contributed by atoms with Crippen LogP contribution in [0.4, 0.5) is 0 Å². The van der Waals surface area contributed by atoms with Gasteiger partial charge in [-0.15, -0.1) is 0 Å². The molecule has 24 heavy (non-hydrogen) atoms. The van der Waals surface area contributed by atoms with Crippen molar-refractivity contribution in [3.05, 3.63) is 63.6 Å². The first-order chi connectivity index (χ1) is 11.5. The zero-order valence-electron chi connectivity index (χ0n) is 13.4. The third-order valence-corrected chi connectivity index (χ3v) is 4.73. The van der Waals surface area contributed by atoms with Crippen molar-refractivity contribution in [2.45, 2.75) is 12.7 Å². The molecule has 0 saturated carbocycles. The largest absolute Gasteiger partial charge is 0.482 e. The highest BCUT2D eigenvalue weighted by Gasteiger charge is 2.06. The fourth-order valence-electron chi connectivity index (χ4n) is 2.04. The summed E-state index contributed by atoms with van der Waals surface area (Å²) in [5, 5.41) is 3.75. The van der Waals surface area contributed by atoms with Crippen LogP contribution in [0.2, 0.25) is 10.0 Å². The molecule has 0 aliphatic carbocycles. The number of amides is 1. The van der Waals surface area contributed by atoms with Crippen LogP contribution < -0.4 is 10.1 Å². The number of ether oxygens (including phenoxy) is 1. The van der Waals surface area contributed by atoms with Crippen molar-refractivity contribution in [3.8, 4) is 5.75 Å². The fraction of sp³-hybridized carbons (Fsp3) is 0.278. The molecule has 0 spiro atoms. The molecule has 0 saturated heterocycles. The monoisotopic (exact) mass is 383 g/mol. The van der Waals surface area contributed by atoms with Crippen LogP contribution in [-0.2, 0) is 10.5 Å². The molecule has 0 aliphatic heterocycles. The topological polar surface area (TPSA) is 38.3 Å². The van der Waals surface area contributed by atoms with E-state index < -0.39 is 0 Å². The molecule has 0 aromatic heterocycles. The highest BCUT2D eigenvalue weighted by molar-refractivity contribution is 7.98. The van der Waals surface area contributed by atoms with E-state index >= 15 is 0 Å². The van der Waals surface area contributed by atoms with Crippen molar-refractivity contribution in [2.24, 2.45) is 0 Å². The predicted molar refractivity (Wildman–Crippen MR) is 102 cm³/mol. The van der Waals surface area contributed by atoms with Crippen LogP contribution in [0.25, 0.3) is 0 Å². The summed E-state index contributed by atoms with van der Waals surface area (Å²) >= 11 is 13.6. The molecule has 0 atom stereocenters. The van der Waals surface area contributed by atoms with Gasteiger partial charge < -0.3 is 10.1 Å². The van der Waals surface area contributed by atoms with E-state index in [1.807, 2.05) is 0 Å². The summed E-state index contributed by atoms with van der Waals surface area (Å²) in [4.78, 5) is 11.8. The van der Waals surface area contributed by atoms with E-state index in [9.17, 15) is 4.79 Å². The maximum Gasteiger partial charge on any atom is 0.257 e. The number of nitrogens with one attached hydrogen (secondary N) is 1. The van der Waals surface area contributed by atoms with Gasteiger partial charge >= 0.3 is 0 Å². The van der Waals surface area contributed by atoms with E-state index in [0.29, 0.717) is 22.3 Å². The summed E-state index contributed by atoms with van der Waals surface area (Å²) in [5.41, 5.74) is 2.56. The minimum atomic E-state index is -0.169. The lowest BCUT2D eigenvalue weighted by molar-refractivity contribution is -0.122. The Hall–Kier alpha value is -1.36. The number of carbonyl (C=O) groups is 1. The maximum absolute atomic E-state index is 11.8. The average molecular weight is 384 g/mol. The molecule has 6 heteroatoms. The molecule has 0 aliphatic rings. The molecule has 1 amide bonds. The van der Waals surface area contributed by atoms with E-state index in [1.54, 1.807) is 30.0 Å². The van der Waals surface area contributed by atoms with Crippen molar-refractivity contribution >= 4 is 40.9 Å². The third-order valence-electron chi connectivity index (χ3n) is 3.17. The number of halogens is 2. The number of aryl methyl sites for hydroxylation is 1. The molecule has 0 bridgehead atoms. The number of thioether (sulfide) groups is 1. The molecular weight excluding hydrogens is 365 g/mol. The summed E-state index contributed by atoms with van der Waals surface area (Å²) in [6, 6.07) is 13.3. The van der Waals surface area contributed by atoms with E-state index in [-0.39, 0.29) is 12.5 Å². The Morgan fingerprint density at radius 2 is 2.04 bits per heavy atom. The lowest BCUT2D eigenvalue weighted by atomic mass is 10.2. The highest BCUT2D eigenvalue weighted by atomic mass is 35.5. The van der Waals surface area contributed by atoms with Gasteiger partial charge in [0.05, 0.1) is 5.02 Å². The van der Waals surface area contributed by atoms with E-state index in [1.165, 1.54) is 11.1 Å². The second kappa shape index (κ2) is 9.82. The smallest absolute Gasteiger partial charge is 0.257 e. The van der Waals surface area contributed by atoms with Crippen LogP contribution in [0, 0.1) is 6.92 Å². The van der Waals surface area contributed by atoms with E-state index in [2.05, 4.69) is 36.5 Å². The molecular formula is C18H19Cl2NO2S. The zero-order chi connectivity index (χ0) is 17.4. The number of carbonyl (C=O) groups excluding carboxylic acids is 1. The Bertz CT molecular complexity index is 694. The average Bonchev–Trinajstić information content (AvgIpc) is 2.54. The van der Waals surface area contributed by atoms with Gasteiger partial charge in [-0.25, -0.2) is 0 Å². The molecule has 2 rings (SSSR count). The third kappa shape index (κ3) is 6.63. The van der Waals surface area contributed by atoms with Crippen molar-refractivity contribution in [1.82, 2.24) is 5.32 Å². The predicted octanol–water partition coefficient (Wildman–Crippen LogP) is 4.73. The molecule has 0 radical (unpaired) electrons. The van der Waals surface area contributed by atoms with Gasteiger partial charge in [0.2, 0.25) is 0 Å². The Morgan fingerprint density at radius 3 is 2.79 bits per heavy atom. The van der Waals surface area contributed by atoms with Crippen molar-refractivity contribution < 1.29 is 9.53 Å². The zero-order valence-corrected chi connectivity index (χ0v) is 15.7. The van der Waals surface area contributed by atoms with Crippen LogP contribution in [0.3, 0.4) is 0 Å². The quantitative estimate of drug-likeness (QED) is 0.669. The molecule has 2 aromatic carbocycles. The number of benzene rings is 2. The summed E-state index contributed by atoms with van der Waals surface area (Å²) in [6.45, 7) is 2.62. The van der Waals surface area contributed by atoms with Crippen molar-refractivity contribution in [1.29, 1.82) is 0 Å². The number of hydrogen-bond donors (Lipinski definition) is 1. The SMILES string of the molecule is Cc1cccc(CSCCNC(=O)COc2ccc(Cl)cc2Cl)c1. The molecule has 0 unspecified atom stereocenters. The normalized spacial score (nSPS) is 10.5. The summed E-state index contributed by atoms with van der Waals surface area (Å²) in [7, 11) is 0. The van der Waals surface area contributed by atoms with Crippen LogP contribution >= 0.6 is 35.0 Å². The molecule has 1 N–H and O–H groups in total. The van der Waals surface area contributed by atoms with Gasteiger partial charge in [-0.3, -0.25) is 4.79 Å². The van der Waals surface area contributed by atoms with Gasteiger partial charge in [0, 0.05) is 23.1 Å². The first-order valence-corrected chi connectivity index (χ1v) is 9.43. The van der Waals surface area contributed by atoms with Crippen LogP contribution in [0.5, 0.6) is 5.75 Å². The van der Waals surface area contributed by atoms with Crippen molar-refractivity contribution in [3.63, 3.8) is 0 Å². The fourth-order valence-corrected chi connectivity index (χ4v) is 3.31. The second-order valence-electron chi connectivity index (χ2n) is 5.26. The Labute approximate surface area is 156 Å². The van der Waals surface area contributed by atoms with E-state index in [0.717, 1.165) is 11.5 Å². The lowest BCUT2D eigenvalue weighted by Gasteiger charge is -2.09. The molecule has 3 nitrogen and oxygen atoms in total. The Balaban J connectivity index is 1.61. The summed E-state index contributed by atoms with van der Waals surface area (Å²) in [6.07, 6.45) is 0. The first-order valence-electron chi connectivity index (χ1n) is 7.52.